The minimum Gasteiger partial charge on any atom is -0.361 e. The molecule has 2 N–H and O–H groups in total. The summed E-state index contributed by atoms with van der Waals surface area (Å²) in [4.78, 5) is 25.4. The molecular weight excluding hydrogens is 295 g/mol. The lowest BCUT2D eigenvalue weighted by atomic mass is 9.95. The molecule has 5 heteroatoms. The van der Waals surface area contributed by atoms with Crippen LogP contribution in [0.3, 0.4) is 0 Å². The monoisotopic (exact) mass is 308 g/mol. The number of carbonyl (C=O) groups is 2. The number of H-pyrrole nitrogens is 1. The average molecular weight is 308 g/mol. The first-order chi connectivity index (χ1) is 11.2. The Morgan fingerprint density at radius 1 is 0.870 bits per heavy atom. The Bertz CT molecular complexity index is 875. The van der Waals surface area contributed by atoms with Crippen molar-refractivity contribution in [3.63, 3.8) is 0 Å². The number of allylic oxidation sites excluding steroid dienone is 2. The molecule has 0 saturated heterocycles. The van der Waals surface area contributed by atoms with E-state index in [9.17, 15) is 14.1 Å². The van der Waals surface area contributed by atoms with Gasteiger partial charge < -0.3 is 4.98 Å². The van der Waals surface area contributed by atoms with E-state index in [2.05, 4.69) is 4.98 Å². The third-order valence-corrected chi connectivity index (χ3v) is 3.51. The number of aromatic amines is 1. The third kappa shape index (κ3) is 3.03. The highest BCUT2D eigenvalue weighted by molar-refractivity contribution is 6.21. The maximum Gasteiger partial charge on any atom is 0.186 e. The molecule has 0 radical (unpaired) electrons. The van der Waals surface area contributed by atoms with E-state index in [0.29, 0.717) is 16.8 Å². The predicted molar refractivity (Wildman–Crippen MR) is 87.3 cm³/mol. The molecule has 0 amide bonds. The smallest absolute Gasteiger partial charge is 0.186 e. The van der Waals surface area contributed by atoms with E-state index >= 15 is 0 Å². The third-order valence-electron chi connectivity index (χ3n) is 3.51. The first-order valence-corrected chi connectivity index (χ1v) is 6.98. The quantitative estimate of drug-likeness (QED) is 0.666. The predicted octanol–water partition coefficient (Wildman–Crippen LogP) is 4.09. The number of halogens is 1. The van der Waals surface area contributed by atoms with E-state index < -0.39 is 0 Å². The number of nitrogens with one attached hydrogen (secondary N) is 2. The van der Waals surface area contributed by atoms with Crippen molar-refractivity contribution < 1.29 is 14.1 Å². The lowest BCUT2D eigenvalue weighted by Crippen LogP contribution is -2.10. The zero-order valence-corrected chi connectivity index (χ0v) is 12.0. The minimum absolute atomic E-state index is 0.0924. The first-order valence-electron chi connectivity index (χ1n) is 6.98. The van der Waals surface area contributed by atoms with Crippen LogP contribution in [-0.2, 0) is 0 Å². The van der Waals surface area contributed by atoms with Crippen LogP contribution in [-0.4, -0.2) is 16.6 Å². The summed E-state index contributed by atoms with van der Waals surface area (Å²) in [5.74, 6) is -0.185. The van der Waals surface area contributed by atoms with Crippen LogP contribution < -0.4 is 5.54 Å². The molecule has 1 aliphatic carbocycles. The molecular formula is C18H13FN2O2. The Balaban J connectivity index is 0.000000136. The molecule has 0 aliphatic heterocycles. The van der Waals surface area contributed by atoms with Crippen LogP contribution in [0.15, 0.2) is 66.9 Å². The van der Waals surface area contributed by atoms with E-state index in [0.717, 1.165) is 10.9 Å². The van der Waals surface area contributed by atoms with E-state index in [1.165, 1.54) is 12.2 Å². The summed E-state index contributed by atoms with van der Waals surface area (Å²) < 4.78 is 11.9. The van der Waals surface area contributed by atoms with Crippen molar-refractivity contribution in [2.75, 3.05) is 5.54 Å². The Kier molecular flexibility index (Phi) is 4.01. The molecule has 3 aromatic rings. The summed E-state index contributed by atoms with van der Waals surface area (Å²) >= 11 is 0. The number of hydrogen-bond acceptors (Lipinski definition) is 3. The van der Waals surface area contributed by atoms with Gasteiger partial charge in [0.15, 0.2) is 11.6 Å². The van der Waals surface area contributed by atoms with Gasteiger partial charge in [-0.25, -0.2) is 5.54 Å². The second-order valence-corrected chi connectivity index (χ2v) is 4.98. The number of ketones is 2. The maximum atomic E-state index is 11.9. The Morgan fingerprint density at radius 3 is 2.13 bits per heavy atom. The highest BCUT2D eigenvalue weighted by atomic mass is 19.2. The molecule has 0 saturated carbocycles. The highest BCUT2D eigenvalue weighted by Crippen LogP contribution is 2.17. The largest absolute Gasteiger partial charge is 0.361 e. The molecule has 1 heterocycles. The first kappa shape index (κ1) is 14.7. The summed E-state index contributed by atoms with van der Waals surface area (Å²) in [5.41, 5.74) is 4.01. The number of aromatic nitrogens is 1. The SMILES string of the molecule is FNc1ccc2cc[nH]c2c1.O=C1C=CC(=O)c2ccccc21. The van der Waals surface area contributed by atoms with Gasteiger partial charge in [0.25, 0.3) is 0 Å². The molecule has 0 fully saturated rings. The van der Waals surface area contributed by atoms with E-state index in [1.807, 2.05) is 18.3 Å². The van der Waals surface area contributed by atoms with Crippen LogP contribution in [0.1, 0.15) is 20.7 Å². The van der Waals surface area contributed by atoms with Gasteiger partial charge in [0.1, 0.15) is 0 Å². The van der Waals surface area contributed by atoms with Crippen molar-refractivity contribution in [3.8, 4) is 0 Å². The second kappa shape index (κ2) is 6.27. The number of anilines is 1. The van der Waals surface area contributed by atoms with Crippen LogP contribution in [0.4, 0.5) is 10.2 Å². The zero-order chi connectivity index (χ0) is 16.2. The molecule has 114 valence electrons. The van der Waals surface area contributed by atoms with Crippen molar-refractivity contribution in [2.24, 2.45) is 0 Å². The molecule has 1 aliphatic rings. The fraction of sp³-hybridized carbons (Fsp3) is 0. The molecule has 0 bridgehead atoms. The number of hydrogen-bond donors (Lipinski definition) is 2. The number of fused-ring (bicyclic) bond motifs is 2. The molecule has 2 aromatic carbocycles. The van der Waals surface area contributed by atoms with E-state index in [4.69, 9.17) is 0 Å². The molecule has 23 heavy (non-hydrogen) atoms. The summed E-state index contributed by atoms with van der Waals surface area (Å²) in [6.45, 7) is 0. The topological polar surface area (TPSA) is 62.0 Å². The minimum atomic E-state index is -0.0924. The molecule has 1 aromatic heterocycles. The van der Waals surface area contributed by atoms with E-state index in [-0.39, 0.29) is 11.6 Å². The standard InChI is InChI=1S/C10H6O2.C8H7FN2/c11-9-5-6-10(12)8-4-2-1-3-7(8)9;9-11-7-2-1-6-3-4-10-8(6)5-7/h1-6H;1-5,10-11H. The van der Waals surface area contributed by atoms with Crippen molar-refractivity contribution in [3.05, 3.63) is 78.0 Å². The van der Waals surface area contributed by atoms with Crippen molar-refractivity contribution in [1.29, 1.82) is 0 Å². The lowest BCUT2D eigenvalue weighted by molar-refractivity contribution is 0.0994. The molecule has 0 spiro atoms. The number of benzene rings is 2. The van der Waals surface area contributed by atoms with Gasteiger partial charge in [-0.3, -0.25) is 9.59 Å². The van der Waals surface area contributed by atoms with Crippen LogP contribution in [0.25, 0.3) is 10.9 Å². The van der Waals surface area contributed by atoms with Gasteiger partial charge in [-0.05, 0) is 35.7 Å². The van der Waals surface area contributed by atoms with Gasteiger partial charge in [0.05, 0.1) is 5.69 Å². The Hall–Kier alpha value is -3.21. The average Bonchev–Trinajstić information content (AvgIpc) is 3.06. The summed E-state index contributed by atoms with van der Waals surface area (Å²) in [7, 11) is 0. The molecule has 4 rings (SSSR count). The van der Waals surface area contributed by atoms with Gasteiger partial charge in [-0.15, -0.1) is 4.48 Å². The molecule has 0 unspecified atom stereocenters. The van der Waals surface area contributed by atoms with Crippen LogP contribution in [0.2, 0.25) is 0 Å². The van der Waals surface area contributed by atoms with Crippen molar-refractivity contribution in [1.82, 2.24) is 4.98 Å². The van der Waals surface area contributed by atoms with Gasteiger partial charge >= 0.3 is 0 Å². The fourth-order valence-corrected chi connectivity index (χ4v) is 2.35. The Morgan fingerprint density at radius 2 is 1.52 bits per heavy atom. The molecule has 0 atom stereocenters. The van der Waals surface area contributed by atoms with Crippen LogP contribution >= 0.6 is 0 Å². The van der Waals surface area contributed by atoms with Gasteiger partial charge in [0.2, 0.25) is 0 Å². The summed E-state index contributed by atoms with van der Waals surface area (Å²) in [6, 6.07) is 14.0. The molecule has 4 nitrogen and oxygen atoms in total. The Labute approximate surface area is 131 Å². The van der Waals surface area contributed by atoms with Gasteiger partial charge in [-0.1, -0.05) is 30.3 Å². The van der Waals surface area contributed by atoms with Gasteiger partial charge in [-0.2, -0.15) is 0 Å². The zero-order valence-electron chi connectivity index (χ0n) is 12.0. The van der Waals surface area contributed by atoms with Crippen LogP contribution in [0.5, 0.6) is 0 Å². The number of carbonyl (C=O) groups excluding carboxylic acids is 2. The summed E-state index contributed by atoms with van der Waals surface area (Å²) in [6.07, 6.45) is 4.45. The maximum absolute atomic E-state index is 11.9. The second-order valence-electron chi connectivity index (χ2n) is 4.98. The summed E-state index contributed by atoms with van der Waals surface area (Å²) in [5, 5.41) is 1.09. The normalized spacial score (nSPS) is 12.6. The van der Waals surface area contributed by atoms with Gasteiger partial charge in [0, 0.05) is 22.8 Å². The van der Waals surface area contributed by atoms with Crippen LogP contribution in [0, 0.1) is 0 Å². The number of rotatable bonds is 1. The van der Waals surface area contributed by atoms with E-state index in [1.54, 1.807) is 41.9 Å². The fourth-order valence-electron chi connectivity index (χ4n) is 2.35. The van der Waals surface area contributed by atoms with Crippen molar-refractivity contribution >= 4 is 28.2 Å². The highest BCUT2D eigenvalue weighted by Gasteiger charge is 2.16. The van der Waals surface area contributed by atoms with Crippen molar-refractivity contribution in [2.45, 2.75) is 0 Å². The lowest BCUT2D eigenvalue weighted by Gasteiger charge is -2.06.